The molecule has 0 spiro atoms. The summed E-state index contributed by atoms with van der Waals surface area (Å²) in [6.07, 6.45) is 1.63. The van der Waals surface area contributed by atoms with Gasteiger partial charge in [-0.3, -0.25) is 0 Å². The van der Waals surface area contributed by atoms with Gasteiger partial charge in [-0.25, -0.2) is 4.98 Å². The Balaban J connectivity index is 1.81. The highest BCUT2D eigenvalue weighted by molar-refractivity contribution is 5.66. The second-order valence-electron chi connectivity index (χ2n) is 5.24. The number of ether oxygens (including phenoxy) is 2. The maximum atomic E-state index is 9.18. The summed E-state index contributed by atoms with van der Waals surface area (Å²) in [5, 5.41) is 15.4. The number of benzene rings is 2. The Labute approximate surface area is 151 Å². The molecule has 3 rings (SSSR count). The molecule has 26 heavy (non-hydrogen) atoms. The lowest BCUT2D eigenvalue weighted by molar-refractivity contribution is 0.355. The fourth-order valence-electron chi connectivity index (χ4n) is 2.36. The molecule has 2 N–H and O–H groups in total. The SMILES string of the molecule is COc1ccc(Nc2nccc(Nc3ccccc3C#N)n2)cc1OC. The third-order valence-electron chi connectivity index (χ3n) is 3.61. The van der Waals surface area contributed by atoms with Crippen molar-refractivity contribution >= 4 is 23.1 Å². The highest BCUT2D eigenvalue weighted by Gasteiger charge is 2.07. The van der Waals surface area contributed by atoms with Gasteiger partial charge in [0.2, 0.25) is 5.95 Å². The van der Waals surface area contributed by atoms with Crippen LogP contribution in [0.1, 0.15) is 5.56 Å². The summed E-state index contributed by atoms with van der Waals surface area (Å²) in [5.41, 5.74) is 1.99. The molecule has 0 radical (unpaired) electrons. The van der Waals surface area contributed by atoms with E-state index in [1.165, 1.54) is 0 Å². The number of para-hydroxylation sites is 1. The summed E-state index contributed by atoms with van der Waals surface area (Å²) in [7, 11) is 3.16. The molecule has 0 unspecified atom stereocenters. The molecule has 0 saturated carbocycles. The Kier molecular flexibility index (Phi) is 5.15. The van der Waals surface area contributed by atoms with Crippen molar-refractivity contribution in [3.63, 3.8) is 0 Å². The van der Waals surface area contributed by atoms with E-state index in [4.69, 9.17) is 9.47 Å². The van der Waals surface area contributed by atoms with Crippen molar-refractivity contribution in [3.05, 3.63) is 60.3 Å². The van der Waals surface area contributed by atoms with E-state index in [1.807, 2.05) is 24.3 Å². The first kappa shape index (κ1) is 17.0. The Morgan fingerprint density at radius 2 is 1.77 bits per heavy atom. The summed E-state index contributed by atoms with van der Waals surface area (Å²) >= 11 is 0. The van der Waals surface area contributed by atoms with Gasteiger partial charge in [0, 0.05) is 18.0 Å². The van der Waals surface area contributed by atoms with E-state index in [0.29, 0.717) is 34.5 Å². The molecular formula is C19H17N5O2. The van der Waals surface area contributed by atoms with Crippen LogP contribution >= 0.6 is 0 Å². The van der Waals surface area contributed by atoms with Crippen LogP contribution in [-0.4, -0.2) is 24.2 Å². The number of nitrogens with one attached hydrogen (secondary N) is 2. The van der Waals surface area contributed by atoms with Gasteiger partial charge >= 0.3 is 0 Å². The van der Waals surface area contributed by atoms with Gasteiger partial charge in [0.05, 0.1) is 25.5 Å². The van der Waals surface area contributed by atoms with Gasteiger partial charge in [-0.05, 0) is 30.3 Å². The molecule has 7 heteroatoms. The first-order valence-corrected chi connectivity index (χ1v) is 7.81. The fraction of sp³-hybridized carbons (Fsp3) is 0.105. The molecule has 0 bridgehead atoms. The average Bonchev–Trinajstić information content (AvgIpc) is 2.68. The first-order valence-electron chi connectivity index (χ1n) is 7.81. The number of aromatic nitrogens is 2. The molecular weight excluding hydrogens is 330 g/mol. The molecule has 130 valence electrons. The monoisotopic (exact) mass is 347 g/mol. The summed E-state index contributed by atoms with van der Waals surface area (Å²) in [6.45, 7) is 0. The van der Waals surface area contributed by atoms with E-state index in [0.717, 1.165) is 5.69 Å². The zero-order valence-corrected chi connectivity index (χ0v) is 14.4. The quantitative estimate of drug-likeness (QED) is 0.699. The number of methoxy groups -OCH3 is 2. The van der Waals surface area contributed by atoms with Crippen LogP contribution < -0.4 is 20.1 Å². The van der Waals surface area contributed by atoms with Gasteiger partial charge in [-0.2, -0.15) is 10.2 Å². The molecule has 0 saturated heterocycles. The fourth-order valence-corrected chi connectivity index (χ4v) is 2.36. The lowest BCUT2D eigenvalue weighted by Crippen LogP contribution is -2.01. The van der Waals surface area contributed by atoms with E-state index in [2.05, 4.69) is 26.7 Å². The molecule has 1 aromatic heterocycles. The predicted molar refractivity (Wildman–Crippen MR) is 99.3 cm³/mol. The van der Waals surface area contributed by atoms with Crippen molar-refractivity contribution in [1.29, 1.82) is 5.26 Å². The van der Waals surface area contributed by atoms with Crippen molar-refractivity contribution in [3.8, 4) is 17.6 Å². The lowest BCUT2D eigenvalue weighted by atomic mass is 10.2. The summed E-state index contributed by atoms with van der Waals surface area (Å²) in [5.74, 6) is 2.24. The second-order valence-corrected chi connectivity index (χ2v) is 5.24. The molecule has 0 aliphatic rings. The largest absolute Gasteiger partial charge is 0.493 e. The van der Waals surface area contributed by atoms with Crippen LogP contribution in [0.5, 0.6) is 11.5 Å². The smallest absolute Gasteiger partial charge is 0.229 e. The van der Waals surface area contributed by atoms with E-state index in [-0.39, 0.29) is 0 Å². The van der Waals surface area contributed by atoms with Gasteiger partial charge in [0.1, 0.15) is 11.9 Å². The molecule has 3 aromatic rings. The zero-order chi connectivity index (χ0) is 18.4. The van der Waals surface area contributed by atoms with Crippen LogP contribution in [0.2, 0.25) is 0 Å². The molecule has 1 heterocycles. The molecule has 0 atom stereocenters. The predicted octanol–water partition coefficient (Wildman–Crippen LogP) is 3.85. The topological polar surface area (TPSA) is 92.1 Å². The normalized spacial score (nSPS) is 9.88. The maximum Gasteiger partial charge on any atom is 0.229 e. The van der Waals surface area contributed by atoms with Gasteiger partial charge in [0.25, 0.3) is 0 Å². The van der Waals surface area contributed by atoms with Gasteiger partial charge in [-0.15, -0.1) is 0 Å². The number of nitrogens with zero attached hydrogens (tertiary/aromatic N) is 3. The average molecular weight is 347 g/mol. The van der Waals surface area contributed by atoms with Crippen LogP contribution in [0.3, 0.4) is 0 Å². The van der Waals surface area contributed by atoms with E-state index < -0.39 is 0 Å². The first-order chi connectivity index (χ1) is 12.7. The number of anilines is 4. The highest BCUT2D eigenvalue weighted by atomic mass is 16.5. The third kappa shape index (κ3) is 3.82. The van der Waals surface area contributed by atoms with Crippen LogP contribution in [-0.2, 0) is 0 Å². The maximum absolute atomic E-state index is 9.18. The van der Waals surface area contributed by atoms with Crippen molar-refractivity contribution < 1.29 is 9.47 Å². The van der Waals surface area contributed by atoms with Crippen LogP contribution in [0, 0.1) is 11.3 Å². The van der Waals surface area contributed by atoms with Crippen molar-refractivity contribution in [2.24, 2.45) is 0 Å². The third-order valence-corrected chi connectivity index (χ3v) is 3.61. The van der Waals surface area contributed by atoms with Crippen molar-refractivity contribution in [2.45, 2.75) is 0 Å². The van der Waals surface area contributed by atoms with Gasteiger partial charge in [-0.1, -0.05) is 12.1 Å². The zero-order valence-electron chi connectivity index (χ0n) is 14.4. The highest BCUT2D eigenvalue weighted by Crippen LogP contribution is 2.30. The molecule has 0 aliphatic heterocycles. The van der Waals surface area contributed by atoms with Gasteiger partial charge < -0.3 is 20.1 Å². The Hall–Kier alpha value is -3.79. The standard InChI is InChI=1S/C19H17N5O2/c1-25-16-8-7-14(11-17(16)26-2)22-19-21-10-9-18(24-19)23-15-6-4-3-5-13(15)12-20/h3-11H,1-2H3,(H2,21,22,23,24). The minimum absolute atomic E-state index is 0.414. The van der Waals surface area contributed by atoms with Crippen molar-refractivity contribution in [2.75, 3.05) is 24.9 Å². The van der Waals surface area contributed by atoms with E-state index in [9.17, 15) is 5.26 Å². The Morgan fingerprint density at radius 1 is 0.962 bits per heavy atom. The molecule has 0 amide bonds. The molecule has 7 nitrogen and oxygen atoms in total. The second kappa shape index (κ2) is 7.85. The Bertz CT molecular complexity index is 953. The van der Waals surface area contributed by atoms with Gasteiger partial charge in [0.15, 0.2) is 11.5 Å². The minimum Gasteiger partial charge on any atom is -0.493 e. The van der Waals surface area contributed by atoms with Crippen LogP contribution in [0.15, 0.2) is 54.7 Å². The molecule has 2 aromatic carbocycles. The molecule has 0 aliphatic carbocycles. The van der Waals surface area contributed by atoms with Crippen molar-refractivity contribution in [1.82, 2.24) is 9.97 Å². The van der Waals surface area contributed by atoms with Crippen LogP contribution in [0.4, 0.5) is 23.1 Å². The Morgan fingerprint density at radius 3 is 2.54 bits per heavy atom. The summed E-state index contributed by atoms with van der Waals surface area (Å²) in [4.78, 5) is 8.64. The van der Waals surface area contributed by atoms with Crippen LogP contribution in [0.25, 0.3) is 0 Å². The van der Waals surface area contributed by atoms with E-state index in [1.54, 1.807) is 44.7 Å². The summed E-state index contributed by atoms with van der Waals surface area (Å²) < 4.78 is 10.5. The number of hydrogen-bond donors (Lipinski definition) is 2. The number of hydrogen-bond acceptors (Lipinski definition) is 7. The lowest BCUT2D eigenvalue weighted by Gasteiger charge is -2.11. The summed E-state index contributed by atoms with van der Waals surface area (Å²) in [6, 6.07) is 16.5. The number of rotatable bonds is 6. The molecule has 0 fully saturated rings. The minimum atomic E-state index is 0.414. The van der Waals surface area contributed by atoms with E-state index >= 15 is 0 Å². The number of nitriles is 1.